The van der Waals surface area contributed by atoms with Crippen LogP contribution in [-0.4, -0.2) is 6.54 Å². The number of nitrogens with one attached hydrogen (secondary N) is 1. The van der Waals surface area contributed by atoms with Gasteiger partial charge in [0.25, 0.3) is 0 Å². The van der Waals surface area contributed by atoms with Gasteiger partial charge < -0.3 is 5.32 Å². The predicted molar refractivity (Wildman–Crippen MR) is 100 cm³/mol. The van der Waals surface area contributed by atoms with Crippen LogP contribution in [-0.2, 0) is 5.54 Å². The van der Waals surface area contributed by atoms with Crippen LogP contribution in [0, 0.1) is 0 Å². The first-order chi connectivity index (χ1) is 11.9. The van der Waals surface area contributed by atoms with Crippen molar-refractivity contribution in [1.29, 1.82) is 0 Å². The highest BCUT2D eigenvalue weighted by Crippen LogP contribution is 2.46. The largest absolute Gasteiger partial charge is 0.303 e. The highest BCUT2D eigenvalue weighted by molar-refractivity contribution is 5.44. The topological polar surface area (TPSA) is 12.0 Å². The van der Waals surface area contributed by atoms with Gasteiger partial charge in [-0.2, -0.15) is 0 Å². The van der Waals surface area contributed by atoms with Crippen LogP contribution in [0.4, 0.5) is 0 Å². The lowest BCUT2D eigenvalue weighted by Gasteiger charge is -2.46. The molecular weight excluding hydrogens is 290 g/mol. The summed E-state index contributed by atoms with van der Waals surface area (Å²) >= 11 is 0. The molecule has 1 unspecified atom stereocenters. The van der Waals surface area contributed by atoms with E-state index in [1.54, 1.807) is 0 Å². The molecule has 0 saturated carbocycles. The Morgan fingerprint density at radius 3 is 1.71 bits per heavy atom. The van der Waals surface area contributed by atoms with Crippen molar-refractivity contribution in [3.63, 3.8) is 0 Å². The van der Waals surface area contributed by atoms with E-state index < -0.39 is 0 Å². The normalized spacial score (nSPS) is 19.8. The standard InChI is InChI=1S/C23H23N/c1-4-11-19(12-5-1)22-17-10-18-24-23(22,20-13-6-2-7-14-20)21-15-8-3-9-16-21/h1-9,11-16,22,24H,10,17-18H2. The van der Waals surface area contributed by atoms with Crippen molar-refractivity contribution in [2.24, 2.45) is 0 Å². The van der Waals surface area contributed by atoms with Gasteiger partial charge >= 0.3 is 0 Å². The number of hydrogen-bond acceptors (Lipinski definition) is 1. The fraction of sp³-hybridized carbons (Fsp3) is 0.217. The summed E-state index contributed by atoms with van der Waals surface area (Å²) in [7, 11) is 0. The van der Waals surface area contributed by atoms with Gasteiger partial charge in [0.15, 0.2) is 0 Å². The maximum Gasteiger partial charge on any atom is 0.0760 e. The molecular formula is C23H23N. The summed E-state index contributed by atoms with van der Waals surface area (Å²) in [5, 5.41) is 3.91. The second-order valence-corrected chi connectivity index (χ2v) is 6.57. The van der Waals surface area contributed by atoms with Crippen LogP contribution >= 0.6 is 0 Å². The van der Waals surface area contributed by atoms with Crippen LogP contribution in [0.15, 0.2) is 91.0 Å². The average molecular weight is 313 g/mol. The molecule has 1 heterocycles. The minimum Gasteiger partial charge on any atom is -0.303 e. The van der Waals surface area contributed by atoms with Crippen LogP contribution in [0.5, 0.6) is 0 Å². The van der Waals surface area contributed by atoms with E-state index in [1.165, 1.54) is 29.5 Å². The molecule has 1 nitrogen and oxygen atoms in total. The zero-order valence-corrected chi connectivity index (χ0v) is 13.9. The second kappa shape index (κ2) is 6.62. The average Bonchev–Trinajstić information content (AvgIpc) is 2.70. The first-order valence-corrected chi connectivity index (χ1v) is 8.82. The van der Waals surface area contributed by atoms with Crippen molar-refractivity contribution >= 4 is 0 Å². The summed E-state index contributed by atoms with van der Waals surface area (Å²) < 4.78 is 0. The van der Waals surface area contributed by atoms with Crippen LogP contribution in [0.3, 0.4) is 0 Å². The van der Waals surface area contributed by atoms with Gasteiger partial charge in [0.2, 0.25) is 0 Å². The molecule has 1 atom stereocenters. The molecule has 0 aromatic heterocycles. The molecule has 3 aromatic rings. The van der Waals surface area contributed by atoms with Gasteiger partial charge in [-0.1, -0.05) is 91.0 Å². The molecule has 1 aliphatic rings. The Morgan fingerprint density at radius 2 is 1.17 bits per heavy atom. The van der Waals surface area contributed by atoms with E-state index in [0.29, 0.717) is 5.92 Å². The maximum atomic E-state index is 3.91. The second-order valence-electron chi connectivity index (χ2n) is 6.57. The smallest absolute Gasteiger partial charge is 0.0760 e. The Bertz CT molecular complexity index is 725. The first-order valence-electron chi connectivity index (χ1n) is 8.82. The van der Waals surface area contributed by atoms with Crippen molar-refractivity contribution in [2.45, 2.75) is 24.3 Å². The lowest BCUT2D eigenvalue weighted by molar-refractivity contribution is 0.263. The third kappa shape index (κ3) is 2.55. The monoisotopic (exact) mass is 313 g/mol. The Balaban J connectivity index is 1.94. The SMILES string of the molecule is c1ccc(C2CCCNC2(c2ccccc2)c2ccccc2)cc1. The van der Waals surface area contributed by atoms with E-state index in [0.717, 1.165) is 6.54 Å². The predicted octanol–water partition coefficient (Wildman–Crippen LogP) is 5.10. The first kappa shape index (κ1) is 15.2. The zero-order valence-electron chi connectivity index (χ0n) is 13.9. The lowest BCUT2D eigenvalue weighted by Crippen LogP contribution is -2.51. The summed E-state index contributed by atoms with van der Waals surface area (Å²) in [6.07, 6.45) is 2.40. The fourth-order valence-corrected chi connectivity index (χ4v) is 4.21. The van der Waals surface area contributed by atoms with Crippen molar-refractivity contribution in [3.8, 4) is 0 Å². The zero-order chi connectivity index (χ0) is 16.2. The van der Waals surface area contributed by atoms with Gasteiger partial charge in [-0.15, -0.1) is 0 Å². The van der Waals surface area contributed by atoms with E-state index in [4.69, 9.17) is 0 Å². The third-order valence-electron chi connectivity index (χ3n) is 5.26. The van der Waals surface area contributed by atoms with Crippen LogP contribution < -0.4 is 5.32 Å². The summed E-state index contributed by atoms with van der Waals surface area (Å²) in [4.78, 5) is 0. The summed E-state index contributed by atoms with van der Waals surface area (Å²) in [5.74, 6) is 0.428. The van der Waals surface area contributed by atoms with Gasteiger partial charge in [-0.25, -0.2) is 0 Å². The Labute approximate surface area is 144 Å². The van der Waals surface area contributed by atoms with E-state index in [-0.39, 0.29) is 5.54 Å². The van der Waals surface area contributed by atoms with E-state index in [1.807, 2.05) is 0 Å². The summed E-state index contributed by atoms with van der Waals surface area (Å²) in [6, 6.07) is 32.8. The number of benzene rings is 3. The molecule has 0 bridgehead atoms. The molecule has 0 amide bonds. The van der Waals surface area contributed by atoms with Crippen LogP contribution in [0.25, 0.3) is 0 Å². The van der Waals surface area contributed by atoms with Gasteiger partial charge in [-0.05, 0) is 36.1 Å². The molecule has 0 aliphatic carbocycles. The van der Waals surface area contributed by atoms with E-state index in [2.05, 4.69) is 96.3 Å². The van der Waals surface area contributed by atoms with Gasteiger partial charge in [0.1, 0.15) is 0 Å². The molecule has 1 N–H and O–H groups in total. The highest BCUT2D eigenvalue weighted by Gasteiger charge is 2.44. The fourth-order valence-electron chi connectivity index (χ4n) is 4.21. The number of hydrogen-bond donors (Lipinski definition) is 1. The van der Waals surface area contributed by atoms with E-state index >= 15 is 0 Å². The van der Waals surface area contributed by atoms with Crippen LogP contribution in [0.1, 0.15) is 35.4 Å². The molecule has 0 spiro atoms. The number of rotatable bonds is 3. The van der Waals surface area contributed by atoms with Crippen LogP contribution in [0.2, 0.25) is 0 Å². The summed E-state index contributed by atoms with van der Waals surface area (Å²) in [6.45, 7) is 1.05. The molecule has 1 fully saturated rings. The maximum absolute atomic E-state index is 3.91. The minimum absolute atomic E-state index is 0.165. The van der Waals surface area contributed by atoms with Crippen molar-refractivity contribution in [2.75, 3.05) is 6.54 Å². The Kier molecular flexibility index (Phi) is 4.18. The summed E-state index contributed by atoms with van der Waals surface area (Å²) in [5.41, 5.74) is 3.95. The van der Waals surface area contributed by atoms with Crippen molar-refractivity contribution in [1.82, 2.24) is 5.32 Å². The van der Waals surface area contributed by atoms with Crippen molar-refractivity contribution < 1.29 is 0 Å². The Hall–Kier alpha value is -2.38. The van der Waals surface area contributed by atoms with Gasteiger partial charge in [0.05, 0.1) is 5.54 Å². The quantitative estimate of drug-likeness (QED) is 0.709. The molecule has 120 valence electrons. The van der Waals surface area contributed by atoms with Crippen molar-refractivity contribution in [3.05, 3.63) is 108 Å². The van der Waals surface area contributed by atoms with Gasteiger partial charge in [0, 0.05) is 5.92 Å². The molecule has 0 radical (unpaired) electrons. The molecule has 3 aromatic carbocycles. The molecule has 1 aliphatic heterocycles. The van der Waals surface area contributed by atoms with Gasteiger partial charge in [-0.3, -0.25) is 0 Å². The van der Waals surface area contributed by atoms with E-state index in [9.17, 15) is 0 Å². The lowest BCUT2D eigenvalue weighted by atomic mass is 9.66. The molecule has 1 heteroatoms. The highest BCUT2D eigenvalue weighted by atomic mass is 15.0. The molecule has 4 rings (SSSR count). The third-order valence-corrected chi connectivity index (χ3v) is 5.26. The molecule has 24 heavy (non-hydrogen) atoms. The minimum atomic E-state index is -0.165. The number of piperidine rings is 1. The molecule has 1 saturated heterocycles. The Morgan fingerprint density at radius 1 is 0.667 bits per heavy atom.